The summed E-state index contributed by atoms with van der Waals surface area (Å²) in [7, 11) is 0. The monoisotopic (exact) mass is 316 g/mol. The first kappa shape index (κ1) is 12.0. The van der Waals surface area contributed by atoms with E-state index in [2.05, 4.69) is 15.9 Å². The zero-order chi connectivity index (χ0) is 13.4. The summed E-state index contributed by atoms with van der Waals surface area (Å²) in [6, 6.07) is 12.1. The van der Waals surface area contributed by atoms with Crippen molar-refractivity contribution in [1.82, 2.24) is 0 Å². The summed E-state index contributed by atoms with van der Waals surface area (Å²) in [5.74, 6) is -0.0540. The zero-order valence-corrected chi connectivity index (χ0v) is 11.3. The third kappa shape index (κ3) is 1.94. The Morgan fingerprint density at radius 3 is 2.58 bits per heavy atom. The van der Waals surface area contributed by atoms with Crippen LogP contribution in [0.25, 0.3) is 11.0 Å². The molecule has 0 bridgehead atoms. The number of hydrogen-bond acceptors (Lipinski definition) is 3. The Balaban J connectivity index is 2.21. The van der Waals surface area contributed by atoms with Crippen molar-refractivity contribution in [3.63, 3.8) is 0 Å². The van der Waals surface area contributed by atoms with E-state index in [0.29, 0.717) is 26.6 Å². The predicted octanol–water partition coefficient (Wildman–Crippen LogP) is 4.13. The Hall–Kier alpha value is -2.07. The van der Waals surface area contributed by atoms with E-state index in [0.717, 1.165) is 0 Å². The largest absolute Gasteiger partial charge is 0.507 e. The Kier molecular flexibility index (Phi) is 2.87. The molecule has 2 aromatic carbocycles. The molecule has 0 fully saturated rings. The van der Waals surface area contributed by atoms with Crippen LogP contribution < -0.4 is 0 Å². The molecule has 0 saturated heterocycles. The van der Waals surface area contributed by atoms with E-state index in [9.17, 15) is 9.90 Å². The molecule has 3 nitrogen and oxygen atoms in total. The molecule has 19 heavy (non-hydrogen) atoms. The van der Waals surface area contributed by atoms with Gasteiger partial charge in [-0.05, 0) is 28.1 Å². The van der Waals surface area contributed by atoms with Gasteiger partial charge in [0.25, 0.3) is 0 Å². The molecule has 3 rings (SSSR count). The van der Waals surface area contributed by atoms with E-state index in [4.69, 9.17) is 4.42 Å². The number of ketones is 1. The topological polar surface area (TPSA) is 50.4 Å². The van der Waals surface area contributed by atoms with Gasteiger partial charge < -0.3 is 9.52 Å². The van der Waals surface area contributed by atoms with Crippen LogP contribution in [0.1, 0.15) is 15.9 Å². The maximum atomic E-state index is 12.4. The number of aromatic hydroxyl groups is 1. The number of carbonyl (C=O) groups excluding carboxylic acids is 1. The molecule has 0 saturated carbocycles. The Morgan fingerprint density at radius 2 is 1.84 bits per heavy atom. The second-order valence-electron chi connectivity index (χ2n) is 4.12. The SMILES string of the molecule is O=C(c1ccccc1)c1coc2ccc(O)c(Br)c12. The van der Waals surface area contributed by atoms with Crippen molar-refractivity contribution in [2.24, 2.45) is 0 Å². The van der Waals surface area contributed by atoms with Crippen molar-refractivity contribution in [1.29, 1.82) is 0 Å². The van der Waals surface area contributed by atoms with Crippen molar-refractivity contribution in [2.75, 3.05) is 0 Å². The van der Waals surface area contributed by atoms with E-state index in [1.807, 2.05) is 18.2 Å². The van der Waals surface area contributed by atoms with Crippen LogP contribution in [0.5, 0.6) is 5.75 Å². The highest BCUT2D eigenvalue weighted by molar-refractivity contribution is 9.10. The quantitative estimate of drug-likeness (QED) is 0.723. The van der Waals surface area contributed by atoms with Gasteiger partial charge in [-0.2, -0.15) is 0 Å². The maximum absolute atomic E-state index is 12.4. The molecular weight excluding hydrogens is 308 g/mol. The average molecular weight is 317 g/mol. The first-order valence-corrected chi connectivity index (χ1v) is 6.46. The minimum Gasteiger partial charge on any atom is -0.507 e. The van der Waals surface area contributed by atoms with Gasteiger partial charge in [0.15, 0.2) is 5.78 Å². The van der Waals surface area contributed by atoms with Gasteiger partial charge in [0.05, 0.1) is 10.0 Å². The second-order valence-corrected chi connectivity index (χ2v) is 4.91. The number of hydrogen-bond donors (Lipinski definition) is 1. The number of halogens is 1. The normalized spacial score (nSPS) is 10.8. The van der Waals surface area contributed by atoms with Crippen LogP contribution >= 0.6 is 15.9 Å². The first-order valence-electron chi connectivity index (χ1n) is 5.67. The van der Waals surface area contributed by atoms with Crippen LogP contribution in [0.2, 0.25) is 0 Å². The highest BCUT2D eigenvalue weighted by Gasteiger charge is 2.19. The fourth-order valence-electron chi connectivity index (χ4n) is 1.99. The summed E-state index contributed by atoms with van der Waals surface area (Å²) in [6.45, 7) is 0. The third-order valence-electron chi connectivity index (χ3n) is 2.94. The van der Waals surface area contributed by atoms with Crippen LogP contribution in [0.4, 0.5) is 0 Å². The molecule has 1 N–H and O–H groups in total. The van der Waals surface area contributed by atoms with Gasteiger partial charge in [-0.1, -0.05) is 30.3 Å². The average Bonchev–Trinajstić information content (AvgIpc) is 2.88. The fraction of sp³-hybridized carbons (Fsp3) is 0. The lowest BCUT2D eigenvalue weighted by atomic mass is 10.0. The number of carbonyl (C=O) groups is 1. The molecular formula is C15H9BrO3. The summed E-state index contributed by atoms with van der Waals surface area (Å²) in [5.41, 5.74) is 1.58. The third-order valence-corrected chi connectivity index (χ3v) is 3.74. The van der Waals surface area contributed by atoms with E-state index in [-0.39, 0.29) is 11.5 Å². The molecule has 1 aromatic heterocycles. The number of benzene rings is 2. The van der Waals surface area contributed by atoms with Crippen LogP contribution in [-0.2, 0) is 0 Å². The highest BCUT2D eigenvalue weighted by atomic mass is 79.9. The lowest BCUT2D eigenvalue weighted by Gasteiger charge is -2.01. The number of phenolic OH excluding ortho intramolecular Hbond substituents is 1. The Bertz CT molecular complexity index is 760. The zero-order valence-electron chi connectivity index (χ0n) is 9.76. The lowest BCUT2D eigenvalue weighted by Crippen LogP contribution is -1.99. The minimum atomic E-state index is -0.134. The number of phenols is 1. The van der Waals surface area contributed by atoms with Gasteiger partial charge >= 0.3 is 0 Å². The molecule has 0 aliphatic carbocycles. The summed E-state index contributed by atoms with van der Waals surface area (Å²) < 4.78 is 5.84. The van der Waals surface area contributed by atoms with Crippen molar-refractivity contribution in [2.45, 2.75) is 0 Å². The lowest BCUT2D eigenvalue weighted by molar-refractivity contribution is 0.103. The molecule has 94 valence electrons. The van der Waals surface area contributed by atoms with Gasteiger partial charge in [-0.25, -0.2) is 0 Å². The van der Waals surface area contributed by atoms with Crippen LogP contribution in [0, 0.1) is 0 Å². The second kappa shape index (κ2) is 4.55. The Morgan fingerprint density at radius 1 is 1.11 bits per heavy atom. The van der Waals surface area contributed by atoms with Crippen LogP contribution in [-0.4, -0.2) is 10.9 Å². The fourth-order valence-corrected chi connectivity index (χ4v) is 2.53. The van der Waals surface area contributed by atoms with Crippen molar-refractivity contribution >= 4 is 32.7 Å². The van der Waals surface area contributed by atoms with Crippen LogP contribution in [0.3, 0.4) is 0 Å². The number of fused-ring (bicyclic) bond motifs is 1. The van der Waals surface area contributed by atoms with E-state index >= 15 is 0 Å². The van der Waals surface area contributed by atoms with Crippen LogP contribution in [0.15, 0.2) is 57.6 Å². The molecule has 3 aromatic rings. The van der Waals surface area contributed by atoms with E-state index in [1.165, 1.54) is 12.3 Å². The first-order chi connectivity index (χ1) is 9.18. The molecule has 0 radical (unpaired) electrons. The molecule has 0 unspecified atom stereocenters. The molecule has 0 spiro atoms. The summed E-state index contributed by atoms with van der Waals surface area (Å²) in [5, 5.41) is 10.3. The smallest absolute Gasteiger partial charge is 0.196 e. The predicted molar refractivity (Wildman–Crippen MR) is 75.5 cm³/mol. The summed E-state index contributed by atoms with van der Waals surface area (Å²) in [6.07, 6.45) is 1.42. The van der Waals surface area contributed by atoms with Gasteiger partial charge in [-0.15, -0.1) is 0 Å². The van der Waals surface area contributed by atoms with Crippen molar-refractivity contribution in [3.8, 4) is 5.75 Å². The minimum absolute atomic E-state index is 0.0796. The molecule has 0 amide bonds. The highest BCUT2D eigenvalue weighted by Crippen LogP contribution is 2.36. The van der Waals surface area contributed by atoms with E-state index < -0.39 is 0 Å². The summed E-state index contributed by atoms with van der Waals surface area (Å²) in [4.78, 5) is 12.4. The molecule has 1 heterocycles. The van der Waals surface area contributed by atoms with Gasteiger partial charge in [0.2, 0.25) is 0 Å². The molecule has 4 heteroatoms. The van der Waals surface area contributed by atoms with E-state index in [1.54, 1.807) is 18.2 Å². The van der Waals surface area contributed by atoms with Crippen molar-refractivity contribution < 1.29 is 14.3 Å². The van der Waals surface area contributed by atoms with Gasteiger partial charge in [-0.3, -0.25) is 4.79 Å². The maximum Gasteiger partial charge on any atom is 0.196 e. The molecule has 0 aliphatic heterocycles. The number of furan rings is 1. The van der Waals surface area contributed by atoms with Gasteiger partial charge in [0.1, 0.15) is 17.6 Å². The van der Waals surface area contributed by atoms with Crippen molar-refractivity contribution in [3.05, 3.63) is 64.3 Å². The van der Waals surface area contributed by atoms with Gasteiger partial charge in [0, 0.05) is 10.9 Å². The summed E-state index contributed by atoms with van der Waals surface area (Å²) >= 11 is 3.29. The molecule has 0 aliphatic rings. The standard InChI is InChI=1S/C15H9BrO3/c16-14-11(17)6-7-12-13(14)10(8-19-12)15(18)9-4-2-1-3-5-9/h1-8,17H. The number of rotatable bonds is 2. The molecule has 0 atom stereocenters. The Labute approximate surface area is 117 Å².